The summed E-state index contributed by atoms with van der Waals surface area (Å²) in [5, 5.41) is 2.77. The van der Waals surface area contributed by atoms with Gasteiger partial charge in [0.2, 0.25) is 5.91 Å². The number of hydrogen-bond donors (Lipinski definition) is 1. The van der Waals surface area contributed by atoms with E-state index < -0.39 is 17.7 Å². The van der Waals surface area contributed by atoms with E-state index in [2.05, 4.69) is 5.32 Å². The van der Waals surface area contributed by atoms with Crippen LogP contribution in [0.1, 0.15) is 37.4 Å². The molecule has 3 aromatic rings. The Morgan fingerprint density at radius 3 is 2.32 bits per heavy atom. The van der Waals surface area contributed by atoms with E-state index >= 15 is 0 Å². The quantitative estimate of drug-likeness (QED) is 0.616. The van der Waals surface area contributed by atoms with E-state index in [4.69, 9.17) is 4.74 Å². The molecule has 1 heterocycles. The molecular formula is C25H22N2O4. The second-order valence-electron chi connectivity index (χ2n) is 7.57. The number of imide groups is 1. The van der Waals surface area contributed by atoms with E-state index in [1.54, 1.807) is 24.3 Å². The van der Waals surface area contributed by atoms with Gasteiger partial charge in [-0.2, -0.15) is 0 Å². The van der Waals surface area contributed by atoms with Crippen LogP contribution in [0.5, 0.6) is 5.75 Å². The average Bonchev–Trinajstić information content (AvgIpc) is 2.99. The number of benzene rings is 3. The highest BCUT2D eigenvalue weighted by Gasteiger charge is 2.36. The predicted molar refractivity (Wildman–Crippen MR) is 117 cm³/mol. The zero-order valence-electron chi connectivity index (χ0n) is 17.3. The summed E-state index contributed by atoms with van der Waals surface area (Å²) in [6.07, 6.45) is 0. The molecule has 31 heavy (non-hydrogen) atoms. The number of anilines is 1. The molecule has 4 rings (SSSR count). The fourth-order valence-corrected chi connectivity index (χ4v) is 3.47. The first-order chi connectivity index (χ1) is 14.9. The van der Waals surface area contributed by atoms with Gasteiger partial charge in [0.15, 0.2) is 0 Å². The van der Waals surface area contributed by atoms with Gasteiger partial charge in [0.05, 0.1) is 16.8 Å². The Morgan fingerprint density at radius 2 is 1.55 bits per heavy atom. The lowest BCUT2D eigenvalue weighted by molar-refractivity contribution is -0.116. The molecule has 6 nitrogen and oxygen atoms in total. The molecule has 3 aromatic carbocycles. The standard InChI is InChI=1S/C25H22N2O4/c1-16-8-10-19-20(12-16)25(30)27(24(19)29)14-23(28)26-21-11-9-17(2)13-22(21)31-15-18-6-4-3-5-7-18/h3-13H,14-15H2,1-2H3,(H,26,28). The summed E-state index contributed by atoms with van der Waals surface area (Å²) in [7, 11) is 0. The highest BCUT2D eigenvalue weighted by Crippen LogP contribution is 2.28. The van der Waals surface area contributed by atoms with Crippen molar-refractivity contribution < 1.29 is 19.1 Å². The van der Waals surface area contributed by atoms with Gasteiger partial charge < -0.3 is 10.1 Å². The topological polar surface area (TPSA) is 75.7 Å². The van der Waals surface area contributed by atoms with E-state index in [0.717, 1.165) is 21.6 Å². The maximum absolute atomic E-state index is 12.7. The van der Waals surface area contributed by atoms with Crippen LogP contribution in [0.3, 0.4) is 0 Å². The van der Waals surface area contributed by atoms with Crippen LogP contribution in [0.15, 0.2) is 66.7 Å². The molecule has 0 atom stereocenters. The van der Waals surface area contributed by atoms with Crippen LogP contribution < -0.4 is 10.1 Å². The highest BCUT2D eigenvalue weighted by molar-refractivity contribution is 6.22. The molecule has 0 fully saturated rings. The number of carbonyl (C=O) groups excluding carboxylic acids is 3. The molecule has 0 bridgehead atoms. The van der Waals surface area contributed by atoms with E-state index in [1.165, 1.54) is 0 Å². The smallest absolute Gasteiger partial charge is 0.262 e. The van der Waals surface area contributed by atoms with Crippen molar-refractivity contribution in [1.29, 1.82) is 0 Å². The Balaban J connectivity index is 1.46. The van der Waals surface area contributed by atoms with Gasteiger partial charge in [-0.25, -0.2) is 0 Å². The van der Waals surface area contributed by atoms with Crippen LogP contribution >= 0.6 is 0 Å². The molecule has 3 amide bonds. The normalized spacial score (nSPS) is 12.6. The van der Waals surface area contributed by atoms with Crippen LogP contribution in [0.2, 0.25) is 0 Å². The van der Waals surface area contributed by atoms with Crippen molar-refractivity contribution in [3.8, 4) is 5.75 Å². The number of nitrogens with zero attached hydrogens (tertiary/aromatic N) is 1. The number of ether oxygens (including phenoxy) is 1. The summed E-state index contributed by atoms with van der Waals surface area (Å²) in [6, 6.07) is 20.2. The number of amides is 3. The molecule has 0 unspecified atom stereocenters. The van der Waals surface area contributed by atoms with E-state index in [0.29, 0.717) is 29.2 Å². The summed E-state index contributed by atoms with van der Waals surface area (Å²) in [6.45, 7) is 3.77. The minimum atomic E-state index is -0.473. The molecule has 1 aliphatic rings. The number of carbonyl (C=O) groups is 3. The van der Waals surface area contributed by atoms with Gasteiger partial charge in [0.1, 0.15) is 18.9 Å². The fourth-order valence-electron chi connectivity index (χ4n) is 3.47. The largest absolute Gasteiger partial charge is 0.487 e. The van der Waals surface area contributed by atoms with Gasteiger partial charge in [0, 0.05) is 0 Å². The molecular weight excluding hydrogens is 392 g/mol. The number of fused-ring (bicyclic) bond motifs is 1. The highest BCUT2D eigenvalue weighted by atomic mass is 16.5. The fraction of sp³-hybridized carbons (Fsp3) is 0.160. The van der Waals surface area contributed by atoms with Gasteiger partial charge in [-0.05, 0) is 49.2 Å². The lowest BCUT2D eigenvalue weighted by Gasteiger charge is -2.16. The molecule has 0 saturated heterocycles. The van der Waals surface area contributed by atoms with Gasteiger partial charge in [-0.3, -0.25) is 19.3 Å². The third-order valence-corrected chi connectivity index (χ3v) is 5.08. The Bertz CT molecular complexity index is 1170. The van der Waals surface area contributed by atoms with Crippen LogP contribution in [0.25, 0.3) is 0 Å². The van der Waals surface area contributed by atoms with Crippen molar-refractivity contribution in [2.24, 2.45) is 0 Å². The Hall–Kier alpha value is -3.93. The molecule has 6 heteroatoms. The van der Waals surface area contributed by atoms with Crippen LogP contribution in [0, 0.1) is 13.8 Å². The molecule has 0 spiro atoms. The summed E-state index contributed by atoms with van der Waals surface area (Å²) in [5.74, 6) is -0.863. The van der Waals surface area contributed by atoms with Gasteiger partial charge >= 0.3 is 0 Å². The molecule has 1 aliphatic heterocycles. The molecule has 156 valence electrons. The maximum Gasteiger partial charge on any atom is 0.262 e. The number of rotatable bonds is 6. The zero-order chi connectivity index (χ0) is 22.0. The van der Waals surface area contributed by atoms with Gasteiger partial charge in [-0.1, -0.05) is 48.0 Å². The maximum atomic E-state index is 12.7. The van der Waals surface area contributed by atoms with E-state index in [1.807, 2.05) is 56.3 Å². The third kappa shape index (κ3) is 4.33. The first kappa shape index (κ1) is 20.3. The van der Waals surface area contributed by atoms with Crippen molar-refractivity contribution in [2.75, 3.05) is 11.9 Å². The SMILES string of the molecule is Cc1ccc(NC(=O)CN2C(=O)c3ccc(C)cc3C2=O)c(OCc2ccccc2)c1. The summed E-state index contributed by atoms with van der Waals surface area (Å²) in [4.78, 5) is 38.8. The summed E-state index contributed by atoms with van der Waals surface area (Å²) in [5.41, 5.74) is 4.01. The summed E-state index contributed by atoms with van der Waals surface area (Å²) < 4.78 is 5.92. The molecule has 0 saturated carbocycles. The monoisotopic (exact) mass is 414 g/mol. The van der Waals surface area contributed by atoms with Gasteiger partial charge in [0.25, 0.3) is 11.8 Å². The van der Waals surface area contributed by atoms with Crippen molar-refractivity contribution >= 4 is 23.4 Å². The van der Waals surface area contributed by atoms with Crippen molar-refractivity contribution in [3.63, 3.8) is 0 Å². The second-order valence-corrected chi connectivity index (χ2v) is 7.57. The lowest BCUT2D eigenvalue weighted by atomic mass is 10.1. The Labute approximate surface area is 180 Å². The molecule has 0 aliphatic carbocycles. The van der Waals surface area contributed by atoms with Gasteiger partial charge in [-0.15, -0.1) is 0 Å². The Morgan fingerprint density at radius 1 is 0.871 bits per heavy atom. The second kappa shape index (κ2) is 8.44. The van der Waals surface area contributed by atoms with Crippen LogP contribution in [0.4, 0.5) is 5.69 Å². The first-order valence-electron chi connectivity index (χ1n) is 9.96. The number of hydrogen-bond acceptors (Lipinski definition) is 4. The van der Waals surface area contributed by atoms with Crippen LogP contribution in [-0.4, -0.2) is 29.2 Å². The Kier molecular flexibility index (Phi) is 5.54. The molecule has 0 aromatic heterocycles. The minimum absolute atomic E-state index is 0.325. The first-order valence-corrected chi connectivity index (χ1v) is 9.96. The summed E-state index contributed by atoms with van der Waals surface area (Å²) >= 11 is 0. The minimum Gasteiger partial charge on any atom is -0.487 e. The average molecular weight is 414 g/mol. The third-order valence-electron chi connectivity index (χ3n) is 5.08. The number of aryl methyl sites for hydroxylation is 2. The molecule has 0 radical (unpaired) electrons. The molecule has 1 N–H and O–H groups in total. The van der Waals surface area contributed by atoms with Crippen LogP contribution in [-0.2, 0) is 11.4 Å². The lowest BCUT2D eigenvalue weighted by Crippen LogP contribution is -2.37. The van der Waals surface area contributed by atoms with Crippen molar-refractivity contribution in [2.45, 2.75) is 20.5 Å². The van der Waals surface area contributed by atoms with Crippen molar-refractivity contribution in [3.05, 3.63) is 94.5 Å². The predicted octanol–water partition coefficient (Wildman–Crippen LogP) is 4.12. The van der Waals surface area contributed by atoms with E-state index in [9.17, 15) is 14.4 Å². The van der Waals surface area contributed by atoms with E-state index in [-0.39, 0.29) is 6.54 Å². The van der Waals surface area contributed by atoms with Crippen molar-refractivity contribution in [1.82, 2.24) is 4.90 Å². The zero-order valence-corrected chi connectivity index (χ0v) is 17.3. The number of nitrogens with one attached hydrogen (secondary N) is 1.